The van der Waals surface area contributed by atoms with E-state index in [2.05, 4.69) is 46.5 Å². The number of aromatic hydroxyl groups is 1. The summed E-state index contributed by atoms with van der Waals surface area (Å²) in [6, 6.07) is -0.804. The van der Waals surface area contributed by atoms with Gasteiger partial charge in [-0.05, 0) is 30.0 Å². The summed E-state index contributed by atoms with van der Waals surface area (Å²) in [6.07, 6.45) is 4.34. The number of carboxylic acid groups (broad SMARTS) is 2. The lowest BCUT2D eigenvalue weighted by molar-refractivity contribution is -0.142. The molecule has 52 heavy (non-hydrogen) atoms. The van der Waals surface area contributed by atoms with Crippen molar-refractivity contribution in [1.82, 2.24) is 46.5 Å². The molecular formula is C33H43N9O10. The Balaban J connectivity index is 1.79. The first kappa shape index (κ1) is 40.2. The van der Waals surface area contributed by atoms with Crippen molar-refractivity contribution in [3.63, 3.8) is 0 Å². The number of benzene rings is 1. The van der Waals surface area contributed by atoms with Crippen molar-refractivity contribution in [2.75, 3.05) is 0 Å². The average molecular weight is 726 g/mol. The maximum atomic E-state index is 13.7. The van der Waals surface area contributed by atoms with Crippen LogP contribution < -0.4 is 26.6 Å². The number of nitrogens with one attached hydrogen (secondary N) is 7. The number of nitrogens with zero attached hydrogens (tertiary/aromatic N) is 2. The van der Waals surface area contributed by atoms with Gasteiger partial charge in [0.2, 0.25) is 29.5 Å². The predicted molar refractivity (Wildman–Crippen MR) is 181 cm³/mol. The molecule has 3 rings (SSSR count). The van der Waals surface area contributed by atoms with E-state index in [1.54, 1.807) is 26.0 Å². The summed E-state index contributed by atoms with van der Waals surface area (Å²) in [5.41, 5.74) is 1.45. The fraction of sp³-hybridized carbons (Fsp3) is 0.424. The van der Waals surface area contributed by atoms with E-state index in [-0.39, 0.29) is 31.4 Å². The summed E-state index contributed by atoms with van der Waals surface area (Å²) in [7, 11) is 0. The summed E-state index contributed by atoms with van der Waals surface area (Å²) < 4.78 is 0. The van der Waals surface area contributed by atoms with Gasteiger partial charge in [0.1, 0.15) is 36.0 Å². The van der Waals surface area contributed by atoms with Crippen molar-refractivity contribution in [2.24, 2.45) is 5.92 Å². The van der Waals surface area contributed by atoms with Crippen molar-refractivity contribution in [3.05, 3.63) is 66.3 Å². The first-order valence-electron chi connectivity index (χ1n) is 16.3. The number of rotatable bonds is 20. The number of H-pyrrole nitrogens is 2. The Morgan fingerprint density at radius 2 is 1.17 bits per heavy atom. The van der Waals surface area contributed by atoms with Crippen molar-refractivity contribution in [1.29, 1.82) is 0 Å². The van der Waals surface area contributed by atoms with Gasteiger partial charge in [-0.15, -0.1) is 0 Å². The molecule has 0 radical (unpaired) electrons. The van der Waals surface area contributed by atoms with Gasteiger partial charge in [-0.3, -0.25) is 28.8 Å². The van der Waals surface area contributed by atoms with E-state index in [1.807, 2.05) is 0 Å². The number of hydrogen-bond acceptors (Lipinski definition) is 10. The van der Waals surface area contributed by atoms with E-state index in [0.29, 0.717) is 17.0 Å². The van der Waals surface area contributed by atoms with Gasteiger partial charge in [-0.2, -0.15) is 0 Å². The topological polar surface area (TPSA) is 298 Å². The number of aliphatic carboxylic acids is 2. The second-order valence-corrected chi connectivity index (χ2v) is 12.4. The SMILES string of the molecule is CC(=O)N[C@@H](Cc1ccc(O)cc1)C(=O)N[C@@H](CCC(=O)O)C(=O)N[C@H](C(=O)N[C@@H](Cc1cnc[nH]1)C(=O)N[C@@H](Cc1cnc[nH]1)C(=O)O)C(C)C. The zero-order chi connectivity index (χ0) is 38.4. The van der Waals surface area contributed by atoms with Crippen molar-refractivity contribution >= 4 is 41.5 Å². The zero-order valence-electron chi connectivity index (χ0n) is 28.7. The number of carbonyl (C=O) groups is 7. The molecule has 0 aliphatic carbocycles. The van der Waals surface area contributed by atoms with Gasteiger partial charge in [0, 0.05) is 56.4 Å². The number of imidazole rings is 2. The van der Waals surface area contributed by atoms with Gasteiger partial charge < -0.3 is 51.9 Å². The highest BCUT2D eigenvalue weighted by atomic mass is 16.4. The molecule has 0 unspecified atom stereocenters. The van der Waals surface area contributed by atoms with Gasteiger partial charge >= 0.3 is 11.9 Å². The van der Waals surface area contributed by atoms with Crippen LogP contribution in [-0.2, 0) is 52.8 Å². The number of phenols is 1. The molecule has 2 heterocycles. The molecule has 0 spiro atoms. The minimum atomic E-state index is -1.46. The number of phenolic OH excluding ortho intramolecular Hbond substituents is 1. The number of carbonyl (C=O) groups excluding carboxylic acids is 5. The van der Waals surface area contributed by atoms with Gasteiger partial charge in [0.25, 0.3) is 0 Å². The highest BCUT2D eigenvalue weighted by molar-refractivity contribution is 5.96. The van der Waals surface area contributed by atoms with E-state index in [9.17, 15) is 48.9 Å². The van der Waals surface area contributed by atoms with E-state index < -0.39 is 84.0 Å². The summed E-state index contributed by atoms with van der Waals surface area (Å²) in [4.78, 5) is 103. The van der Waals surface area contributed by atoms with Crippen LogP contribution in [0.15, 0.2) is 49.3 Å². The summed E-state index contributed by atoms with van der Waals surface area (Å²) in [6.45, 7) is 4.40. The molecule has 0 fully saturated rings. The fourth-order valence-corrected chi connectivity index (χ4v) is 5.10. The maximum Gasteiger partial charge on any atom is 0.326 e. The number of carboxylic acids is 2. The quantitative estimate of drug-likeness (QED) is 0.0665. The van der Waals surface area contributed by atoms with Gasteiger partial charge in [-0.25, -0.2) is 14.8 Å². The van der Waals surface area contributed by atoms with Gasteiger partial charge in [0.15, 0.2) is 0 Å². The Morgan fingerprint density at radius 1 is 0.673 bits per heavy atom. The Kier molecular flexibility index (Phi) is 14.8. The van der Waals surface area contributed by atoms with Crippen LogP contribution >= 0.6 is 0 Å². The Hall–Kier alpha value is -6.27. The lowest BCUT2D eigenvalue weighted by Gasteiger charge is -2.28. The van der Waals surface area contributed by atoms with Crippen LogP contribution in [0.5, 0.6) is 5.75 Å². The van der Waals surface area contributed by atoms with Crippen molar-refractivity contribution < 1.29 is 48.9 Å². The number of hydrogen-bond donors (Lipinski definition) is 10. The van der Waals surface area contributed by atoms with Crippen LogP contribution in [0.2, 0.25) is 0 Å². The molecule has 0 saturated heterocycles. The summed E-state index contributed by atoms with van der Waals surface area (Å²) in [5, 5.41) is 41.2. The van der Waals surface area contributed by atoms with Crippen LogP contribution in [0.4, 0.5) is 0 Å². The molecule has 2 aromatic heterocycles. The molecule has 5 amide bonds. The standard InChI is InChI=1S/C33H43N9O10/c1-17(2)28(32(50)40-25(11-20-13-34-15-36-20)31(49)41-26(33(51)52)12-21-14-35-16-37-21)42-29(47)23(8-9-27(45)46)39-30(48)24(38-18(3)43)10-19-4-6-22(44)7-5-19/h4-7,13-17,23-26,28,44H,8-12H2,1-3H3,(H,34,36)(H,35,37)(H,38,43)(H,39,48)(H,40,50)(H,41,49)(H,42,47)(H,45,46)(H,51,52)/t23-,24-,25-,26-,28-/m0/s1. The van der Waals surface area contributed by atoms with Gasteiger partial charge in [0.05, 0.1) is 12.7 Å². The highest BCUT2D eigenvalue weighted by Crippen LogP contribution is 2.13. The van der Waals surface area contributed by atoms with Crippen LogP contribution in [0.1, 0.15) is 50.6 Å². The molecule has 0 saturated carbocycles. The second kappa shape index (κ2) is 19.2. The van der Waals surface area contributed by atoms with Crippen molar-refractivity contribution in [3.8, 4) is 5.75 Å². The molecule has 1 aromatic carbocycles. The number of aromatic nitrogens is 4. The second-order valence-electron chi connectivity index (χ2n) is 12.4. The van der Waals surface area contributed by atoms with Gasteiger partial charge in [-0.1, -0.05) is 26.0 Å². The minimum Gasteiger partial charge on any atom is -0.508 e. The summed E-state index contributed by atoms with van der Waals surface area (Å²) >= 11 is 0. The van der Waals surface area contributed by atoms with Crippen LogP contribution in [0.3, 0.4) is 0 Å². The molecular weight excluding hydrogens is 682 g/mol. The van der Waals surface area contributed by atoms with E-state index in [4.69, 9.17) is 0 Å². The monoisotopic (exact) mass is 725 g/mol. The molecule has 10 N–H and O–H groups in total. The predicted octanol–water partition coefficient (Wildman–Crippen LogP) is -1.08. The first-order chi connectivity index (χ1) is 24.6. The average Bonchev–Trinajstić information content (AvgIpc) is 3.79. The lowest BCUT2D eigenvalue weighted by Crippen LogP contribution is -2.60. The van der Waals surface area contributed by atoms with Crippen molar-refractivity contribution in [2.45, 2.75) is 83.1 Å². The summed E-state index contributed by atoms with van der Waals surface area (Å²) in [5.74, 6) is -7.12. The largest absolute Gasteiger partial charge is 0.508 e. The Labute approximate surface area is 297 Å². The molecule has 19 nitrogen and oxygen atoms in total. The third-order valence-corrected chi connectivity index (χ3v) is 7.80. The maximum absolute atomic E-state index is 13.7. The highest BCUT2D eigenvalue weighted by Gasteiger charge is 2.34. The lowest BCUT2D eigenvalue weighted by atomic mass is 10.00. The van der Waals surface area contributed by atoms with E-state index >= 15 is 0 Å². The molecule has 5 atom stereocenters. The molecule has 0 aliphatic heterocycles. The van der Waals surface area contributed by atoms with Crippen LogP contribution in [0, 0.1) is 5.92 Å². The third kappa shape index (κ3) is 12.9. The molecule has 19 heteroatoms. The molecule has 0 bridgehead atoms. The third-order valence-electron chi connectivity index (χ3n) is 7.80. The normalized spacial score (nSPS) is 13.8. The van der Waals surface area contributed by atoms with E-state index in [1.165, 1.54) is 44.1 Å². The first-order valence-corrected chi connectivity index (χ1v) is 16.3. The smallest absolute Gasteiger partial charge is 0.326 e. The Bertz CT molecular complexity index is 1680. The minimum absolute atomic E-state index is 0.0126. The molecule has 280 valence electrons. The van der Waals surface area contributed by atoms with E-state index in [0.717, 1.165) is 0 Å². The van der Waals surface area contributed by atoms with Crippen LogP contribution in [0.25, 0.3) is 0 Å². The number of amides is 5. The van der Waals surface area contributed by atoms with Crippen LogP contribution in [-0.4, -0.2) is 107 Å². The fourth-order valence-electron chi connectivity index (χ4n) is 5.10. The molecule has 3 aromatic rings. The molecule has 0 aliphatic rings. The number of aromatic amines is 2. The Morgan fingerprint density at radius 3 is 1.65 bits per heavy atom. The zero-order valence-corrected chi connectivity index (χ0v) is 28.7.